The number of rotatable bonds is 5. The Morgan fingerprint density at radius 3 is 1.46 bits per heavy atom. The molecule has 2 N–H and O–H groups in total. The minimum absolute atomic E-state index is 0.0742. The lowest BCUT2D eigenvalue weighted by Crippen LogP contribution is -2.44. The van der Waals surface area contributed by atoms with Gasteiger partial charge in [-0.1, -0.05) is 46.4 Å². The van der Waals surface area contributed by atoms with Gasteiger partial charge in [-0.15, -0.1) is 5.10 Å². The molecule has 0 spiro atoms. The third kappa shape index (κ3) is 8.13. The molecule has 7 nitrogen and oxygen atoms in total. The van der Waals surface area contributed by atoms with Crippen molar-refractivity contribution in [3.8, 4) is 5.69 Å². The van der Waals surface area contributed by atoms with E-state index in [0.29, 0.717) is 31.7 Å². The summed E-state index contributed by atoms with van der Waals surface area (Å²) < 4.78 is 87.7. The van der Waals surface area contributed by atoms with E-state index in [4.69, 9.17) is 52.1 Å². The minimum atomic E-state index is -4.46. The molecule has 2 unspecified atom stereocenters. The normalized spacial score (nSPS) is 20.3. The van der Waals surface area contributed by atoms with Crippen LogP contribution in [0.25, 0.3) is 5.69 Å². The molecular formula is C35H27Br2Cl4F6N7. The molecule has 4 aromatic carbocycles. The molecule has 0 aliphatic carbocycles. The largest absolute Gasteiger partial charge is 0.400 e. The molecule has 7 rings (SSSR count). The highest BCUT2D eigenvalue weighted by Gasteiger charge is 2.60. The van der Waals surface area contributed by atoms with Crippen molar-refractivity contribution in [2.75, 3.05) is 41.7 Å². The van der Waals surface area contributed by atoms with E-state index in [0.717, 1.165) is 0 Å². The van der Waals surface area contributed by atoms with Crippen LogP contribution >= 0.6 is 78.3 Å². The summed E-state index contributed by atoms with van der Waals surface area (Å²) in [6.07, 6.45) is -7.62. The van der Waals surface area contributed by atoms with Gasteiger partial charge in [0.2, 0.25) is 0 Å². The van der Waals surface area contributed by atoms with Gasteiger partial charge < -0.3 is 15.5 Å². The van der Waals surface area contributed by atoms with E-state index < -0.39 is 23.2 Å². The van der Waals surface area contributed by atoms with E-state index in [1.54, 1.807) is 46.2 Å². The number of hydrogen-bond donors (Lipinski definition) is 1. The van der Waals surface area contributed by atoms with Crippen LogP contribution in [0.2, 0.25) is 20.1 Å². The second kappa shape index (κ2) is 15.5. The Balaban J connectivity index is 0.000000186. The molecule has 19 heteroatoms. The van der Waals surface area contributed by atoms with Gasteiger partial charge in [0.25, 0.3) is 0 Å². The summed E-state index contributed by atoms with van der Waals surface area (Å²) in [5.74, 6) is 0. The minimum Gasteiger partial charge on any atom is -0.398 e. The SMILES string of the molecule is FC(F)(F)C1(c2cc(Cl)cc(Cl)c2)CCN(c2ccc(-n3cnnn3)c(Br)c2)C1.Nc1ccc(N2CCC(c3cc(Cl)cc(Cl)c3)(C(F)(F)F)C2)cc1Br. The zero-order valence-electron chi connectivity index (χ0n) is 27.5. The van der Waals surface area contributed by atoms with Crippen molar-refractivity contribution in [3.63, 3.8) is 0 Å². The predicted octanol–water partition coefficient (Wildman–Crippen LogP) is 11.5. The van der Waals surface area contributed by atoms with Crippen LogP contribution in [0.5, 0.6) is 0 Å². The zero-order chi connectivity index (χ0) is 39.2. The maximum Gasteiger partial charge on any atom is 0.400 e. The van der Waals surface area contributed by atoms with E-state index in [1.807, 2.05) is 0 Å². The van der Waals surface area contributed by atoms with Crippen LogP contribution in [0.1, 0.15) is 24.0 Å². The molecule has 2 aliphatic rings. The van der Waals surface area contributed by atoms with Crippen molar-refractivity contribution in [2.24, 2.45) is 0 Å². The highest BCUT2D eigenvalue weighted by molar-refractivity contribution is 9.11. The predicted molar refractivity (Wildman–Crippen MR) is 207 cm³/mol. The summed E-state index contributed by atoms with van der Waals surface area (Å²) in [5, 5.41) is 11.8. The van der Waals surface area contributed by atoms with Gasteiger partial charge in [0.1, 0.15) is 17.2 Å². The molecule has 0 bridgehead atoms. The fourth-order valence-electron chi connectivity index (χ4n) is 6.84. The van der Waals surface area contributed by atoms with E-state index in [9.17, 15) is 26.3 Å². The molecule has 54 heavy (non-hydrogen) atoms. The first-order chi connectivity index (χ1) is 25.3. The van der Waals surface area contributed by atoms with Crippen LogP contribution in [0.4, 0.5) is 43.4 Å². The van der Waals surface area contributed by atoms with Gasteiger partial charge in [-0.2, -0.15) is 31.0 Å². The van der Waals surface area contributed by atoms with Crippen molar-refractivity contribution >= 4 is 95.3 Å². The number of tetrazole rings is 1. The fourth-order valence-corrected chi connectivity index (χ4v) is 8.81. The molecule has 2 fully saturated rings. The van der Waals surface area contributed by atoms with Gasteiger partial charge in [-0.05, 0) is 139 Å². The summed E-state index contributed by atoms with van der Waals surface area (Å²) in [5.41, 5.74) is 4.42. The molecule has 286 valence electrons. The van der Waals surface area contributed by atoms with Crippen molar-refractivity contribution in [2.45, 2.75) is 36.0 Å². The van der Waals surface area contributed by atoms with Crippen molar-refractivity contribution in [1.29, 1.82) is 0 Å². The van der Waals surface area contributed by atoms with E-state index in [1.165, 1.54) is 47.4 Å². The number of alkyl halides is 6. The maximum absolute atomic E-state index is 14.2. The average molecular weight is 961 g/mol. The second-order valence-corrected chi connectivity index (χ2v) is 16.4. The molecule has 0 saturated carbocycles. The molecular weight excluding hydrogens is 934 g/mol. The van der Waals surface area contributed by atoms with Gasteiger partial charge in [0, 0.05) is 72.3 Å². The van der Waals surface area contributed by atoms with E-state index >= 15 is 0 Å². The Labute approximate surface area is 342 Å². The summed E-state index contributed by atoms with van der Waals surface area (Å²) in [6.45, 7) is 0.0632. The maximum atomic E-state index is 14.2. The summed E-state index contributed by atoms with van der Waals surface area (Å²) in [7, 11) is 0. The fraction of sp³-hybridized carbons (Fsp3) is 0.286. The van der Waals surface area contributed by atoms with Crippen LogP contribution in [-0.4, -0.2) is 58.7 Å². The Bertz CT molecular complexity index is 2120. The number of anilines is 3. The third-order valence-electron chi connectivity index (χ3n) is 9.70. The molecule has 3 heterocycles. The van der Waals surface area contributed by atoms with Gasteiger partial charge in [-0.3, -0.25) is 0 Å². The van der Waals surface area contributed by atoms with Gasteiger partial charge in [0.05, 0.1) is 5.69 Å². The molecule has 2 atom stereocenters. The number of nitrogens with two attached hydrogens (primary N) is 1. The zero-order valence-corrected chi connectivity index (χ0v) is 33.7. The topological polar surface area (TPSA) is 76.1 Å². The van der Waals surface area contributed by atoms with Crippen molar-refractivity contribution in [1.82, 2.24) is 20.2 Å². The average Bonchev–Trinajstić information content (AvgIpc) is 3.86. The van der Waals surface area contributed by atoms with Crippen LogP contribution in [-0.2, 0) is 10.8 Å². The molecule has 5 aromatic rings. The number of benzene rings is 4. The molecule has 0 radical (unpaired) electrons. The first-order valence-electron chi connectivity index (χ1n) is 16.0. The number of halogens is 12. The highest BCUT2D eigenvalue weighted by atomic mass is 79.9. The Morgan fingerprint density at radius 1 is 0.630 bits per heavy atom. The Hall–Kier alpha value is -2.95. The Morgan fingerprint density at radius 2 is 1.07 bits per heavy atom. The summed E-state index contributed by atoms with van der Waals surface area (Å²) in [4.78, 5) is 3.41. The second-order valence-electron chi connectivity index (χ2n) is 12.9. The van der Waals surface area contributed by atoms with Crippen LogP contribution in [0.15, 0.2) is 88.1 Å². The molecule has 2 aliphatic heterocycles. The Kier molecular flexibility index (Phi) is 11.7. The lowest BCUT2D eigenvalue weighted by molar-refractivity contribution is -0.185. The lowest BCUT2D eigenvalue weighted by atomic mass is 9.79. The monoisotopic (exact) mass is 957 g/mol. The van der Waals surface area contributed by atoms with Crippen LogP contribution in [0, 0.1) is 0 Å². The molecule has 0 amide bonds. The number of hydrogen-bond acceptors (Lipinski definition) is 6. The number of nitrogen functional groups attached to an aromatic ring is 1. The van der Waals surface area contributed by atoms with E-state index in [-0.39, 0.29) is 70.2 Å². The van der Waals surface area contributed by atoms with Crippen LogP contribution in [0.3, 0.4) is 0 Å². The van der Waals surface area contributed by atoms with E-state index in [2.05, 4.69) is 47.4 Å². The first kappa shape index (κ1) is 40.7. The smallest absolute Gasteiger partial charge is 0.398 e. The lowest BCUT2D eigenvalue weighted by Gasteiger charge is -2.33. The summed E-state index contributed by atoms with van der Waals surface area (Å²) in [6, 6.07) is 18.6. The highest BCUT2D eigenvalue weighted by Crippen LogP contribution is 2.51. The number of aromatic nitrogens is 4. The van der Waals surface area contributed by atoms with Crippen molar-refractivity contribution in [3.05, 3.63) is 119 Å². The first-order valence-corrected chi connectivity index (χ1v) is 19.1. The molecule has 2 saturated heterocycles. The standard InChI is InChI=1S/C18H13BrCl2F3N5.C17H14BrCl2F3N2/c19-15-8-14(1-2-16(15)29-10-25-26-27-29)28-4-3-17(9-28,18(22,23)24)11-5-12(20)7-13(21)6-11;18-14-8-13(1-2-15(14)24)25-4-3-16(9-25,17(21,22)23)10-5-11(19)7-12(20)6-10/h1-2,5-8,10H,3-4,9H2;1-2,5-8H,3-4,9,24H2. The van der Waals surface area contributed by atoms with Crippen LogP contribution < -0.4 is 15.5 Å². The molecule has 1 aromatic heterocycles. The third-order valence-corrected chi connectivity index (χ3v) is 11.9. The summed E-state index contributed by atoms with van der Waals surface area (Å²) >= 11 is 30.6. The number of nitrogens with zero attached hydrogens (tertiary/aromatic N) is 6. The van der Waals surface area contributed by atoms with Gasteiger partial charge >= 0.3 is 12.4 Å². The van der Waals surface area contributed by atoms with Gasteiger partial charge in [-0.25, -0.2) is 0 Å². The van der Waals surface area contributed by atoms with Gasteiger partial charge in [0.15, 0.2) is 0 Å². The van der Waals surface area contributed by atoms with Crippen molar-refractivity contribution < 1.29 is 26.3 Å². The quantitative estimate of drug-likeness (QED) is 0.140.